The molecule has 0 saturated carbocycles. The fraction of sp³-hybridized carbons (Fsp3) is 0.0769. The van der Waals surface area contributed by atoms with E-state index in [4.69, 9.17) is 11.5 Å². The quantitative estimate of drug-likeness (QED) is 0.373. The molecule has 94 valence electrons. The maximum Gasteiger partial charge on any atom is 0.138 e. The van der Waals surface area contributed by atoms with E-state index in [2.05, 4.69) is 6.66 Å². The van der Waals surface area contributed by atoms with E-state index < -0.39 is 7.92 Å². The van der Waals surface area contributed by atoms with Crippen molar-refractivity contribution in [2.24, 2.45) is 0 Å². The van der Waals surface area contributed by atoms with E-state index in [9.17, 15) is 10.2 Å². The molecule has 0 aliphatic rings. The van der Waals surface area contributed by atoms with Gasteiger partial charge in [0.15, 0.2) is 0 Å². The van der Waals surface area contributed by atoms with E-state index in [1.165, 1.54) is 0 Å². The monoisotopic (exact) mass is 262 g/mol. The smallest absolute Gasteiger partial charge is 0.138 e. The van der Waals surface area contributed by atoms with Gasteiger partial charge in [0.1, 0.15) is 11.5 Å². The summed E-state index contributed by atoms with van der Waals surface area (Å²) in [6.07, 6.45) is 0. The summed E-state index contributed by atoms with van der Waals surface area (Å²) in [5, 5.41) is 20.9. The van der Waals surface area contributed by atoms with Gasteiger partial charge in [0.25, 0.3) is 0 Å². The molecule has 0 radical (unpaired) electrons. The first-order valence-electron chi connectivity index (χ1n) is 5.40. The van der Waals surface area contributed by atoms with Crippen molar-refractivity contribution in [3.63, 3.8) is 0 Å². The van der Waals surface area contributed by atoms with Crippen LogP contribution in [-0.4, -0.2) is 16.9 Å². The largest absolute Gasteiger partial charge is 0.506 e. The topological polar surface area (TPSA) is 92.5 Å². The third-order valence-electron chi connectivity index (χ3n) is 2.80. The van der Waals surface area contributed by atoms with Crippen LogP contribution < -0.4 is 22.1 Å². The van der Waals surface area contributed by atoms with E-state index in [-0.39, 0.29) is 11.5 Å². The Labute approximate surface area is 107 Å². The molecular weight excluding hydrogens is 247 g/mol. The maximum absolute atomic E-state index is 9.41. The van der Waals surface area contributed by atoms with Gasteiger partial charge in [0.05, 0.1) is 11.4 Å². The normalized spacial score (nSPS) is 10.8. The number of phenolic OH excluding ortho intramolecular Hbond substituents is 2. The molecule has 0 spiro atoms. The molecule has 4 nitrogen and oxygen atoms in total. The lowest BCUT2D eigenvalue weighted by Crippen LogP contribution is -2.12. The zero-order chi connectivity index (χ0) is 13.3. The van der Waals surface area contributed by atoms with Crippen LogP contribution >= 0.6 is 7.92 Å². The van der Waals surface area contributed by atoms with Crippen LogP contribution in [0.5, 0.6) is 11.5 Å². The minimum Gasteiger partial charge on any atom is -0.506 e. The fourth-order valence-corrected chi connectivity index (χ4v) is 3.21. The van der Waals surface area contributed by atoms with E-state index in [1.807, 2.05) is 12.1 Å². The summed E-state index contributed by atoms with van der Waals surface area (Å²) in [5.41, 5.74) is 12.1. The molecule has 2 aromatic rings. The number of aromatic hydroxyl groups is 2. The predicted molar refractivity (Wildman–Crippen MR) is 77.2 cm³/mol. The number of anilines is 2. The van der Waals surface area contributed by atoms with Gasteiger partial charge in [0.2, 0.25) is 0 Å². The van der Waals surface area contributed by atoms with Crippen molar-refractivity contribution >= 4 is 29.9 Å². The molecule has 2 aromatic carbocycles. The number of nitrogen functional groups attached to an aromatic ring is 2. The van der Waals surface area contributed by atoms with Crippen molar-refractivity contribution in [1.29, 1.82) is 0 Å². The molecule has 6 N–H and O–H groups in total. The molecule has 0 aliphatic heterocycles. The fourth-order valence-electron chi connectivity index (χ4n) is 1.65. The Morgan fingerprint density at radius 2 is 1.22 bits per heavy atom. The molecule has 0 atom stereocenters. The third kappa shape index (κ3) is 2.34. The lowest BCUT2D eigenvalue weighted by Gasteiger charge is -2.15. The molecule has 0 bridgehead atoms. The molecular formula is C13H15N2O2P. The maximum atomic E-state index is 9.41. The van der Waals surface area contributed by atoms with Crippen LogP contribution in [0.15, 0.2) is 36.4 Å². The standard InChI is InChI=1S/C13H15N2O2P/c1-18(8-2-4-12(16)10(14)6-8)9-3-5-13(17)11(15)7-9/h2-7,16-17H,14-15H2,1H3. The van der Waals surface area contributed by atoms with Crippen molar-refractivity contribution < 1.29 is 10.2 Å². The highest BCUT2D eigenvalue weighted by Crippen LogP contribution is 2.33. The van der Waals surface area contributed by atoms with Gasteiger partial charge in [0, 0.05) is 0 Å². The number of nitrogens with two attached hydrogens (primary N) is 2. The van der Waals surface area contributed by atoms with Gasteiger partial charge < -0.3 is 21.7 Å². The van der Waals surface area contributed by atoms with Crippen LogP contribution in [0.1, 0.15) is 0 Å². The Balaban J connectivity index is 2.37. The van der Waals surface area contributed by atoms with Crippen molar-refractivity contribution in [2.45, 2.75) is 0 Å². The van der Waals surface area contributed by atoms with Crippen LogP contribution in [-0.2, 0) is 0 Å². The van der Waals surface area contributed by atoms with Crippen LogP contribution in [0.4, 0.5) is 11.4 Å². The summed E-state index contributed by atoms with van der Waals surface area (Å²) in [6.45, 7) is 2.08. The van der Waals surface area contributed by atoms with Crippen LogP contribution in [0.25, 0.3) is 0 Å². The second-order valence-corrected chi connectivity index (χ2v) is 6.20. The van der Waals surface area contributed by atoms with Crippen LogP contribution in [0.3, 0.4) is 0 Å². The predicted octanol–water partition coefficient (Wildman–Crippen LogP) is 1.32. The van der Waals surface area contributed by atoms with Gasteiger partial charge in [-0.1, -0.05) is 12.1 Å². The molecule has 0 aromatic heterocycles. The Kier molecular flexibility index (Phi) is 3.30. The minimum atomic E-state index is -0.610. The molecule has 0 saturated heterocycles. The summed E-state index contributed by atoms with van der Waals surface area (Å²) in [5.74, 6) is 0.180. The van der Waals surface area contributed by atoms with Crippen LogP contribution in [0.2, 0.25) is 0 Å². The Morgan fingerprint density at radius 3 is 1.56 bits per heavy atom. The van der Waals surface area contributed by atoms with Crippen molar-refractivity contribution in [3.05, 3.63) is 36.4 Å². The first kappa shape index (κ1) is 12.5. The lowest BCUT2D eigenvalue weighted by molar-refractivity contribution is 0.477. The lowest BCUT2D eigenvalue weighted by atomic mass is 10.3. The van der Waals surface area contributed by atoms with E-state index in [0.29, 0.717) is 11.4 Å². The van der Waals surface area contributed by atoms with E-state index in [1.54, 1.807) is 24.3 Å². The molecule has 0 heterocycles. The molecule has 2 rings (SSSR count). The number of phenols is 2. The van der Waals surface area contributed by atoms with Gasteiger partial charge in [-0.3, -0.25) is 0 Å². The van der Waals surface area contributed by atoms with E-state index in [0.717, 1.165) is 10.6 Å². The van der Waals surface area contributed by atoms with Gasteiger partial charge in [-0.25, -0.2) is 0 Å². The van der Waals surface area contributed by atoms with Crippen LogP contribution in [0, 0.1) is 0 Å². The first-order chi connectivity index (χ1) is 8.49. The second-order valence-electron chi connectivity index (χ2n) is 4.05. The minimum absolute atomic E-state index is 0.0902. The average molecular weight is 262 g/mol. The molecule has 18 heavy (non-hydrogen) atoms. The van der Waals surface area contributed by atoms with Crippen molar-refractivity contribution in [2.75, 3.05) is 18.1 Å². The first-order valence-corrected chi connectivity index (χ1v) is 7.18. The summed E-state index contributed by atoms with van der Waals surface area (Å²) in [6, 6.07) is 10.4. The Morgan fingerprint density at radius 1 is 0.833 bits per heavy atom. The Bertz CT molecular complexity index is 536. The second kappa shape index (κ2) is 4.75. The van der Waals surface area contributed by atoms with Gasteiger partial charge >= 0.3 is 0 Å². The van der Waals surface area contributed by atoms with Gasteiger partial charge in [-0.2, -0.15) is 0 Å². The van der Waals surface area contributed by atoms with Gasteiger partial charge in [-0.15, -0.1) is 0 Å². The summed E-state index contributed by atoms with van der Waals surface area (Å²) in [4.78, 5) is 0. The van der Waals surface area contributed by atoms with Crippen molar-refractivity contribution in [1.82, 2.24) is 0 Å². The molecule has 0 fully saturated rings. The number of benzene rings is 2. The summed E-state index contributed by atoms with van der Waals surface area (Å²) in [7, 11) is -0.610. The molecule has 0 amide bonds. The zero-order valence-corrected chi connectivity index (χ0v) is 10.9. The highest BCUT2D eigenvalue weighted by atomic mass is 31.1. The molecule has 5 heteroatoms. The van der Waals surface area contributed by atoms with Gasteiger partial charge in [-0.05, 0) is 49.5 Å². The number of hydrogen-bond acceptors (Lipinski definition) is 4. The SMILES string of the molecule is CP(c1ccc(O)c(N)c1)c1ccc(O)c(N)c1. The third-order valence-corrected chi connectivity index (χ3v) is 4.90. The Hall–Kier alpha value is -1.93. The number of rotatable bonds is 2. The zero-order valence-electron chi connectivity index (χ0n) is 9.96. The summed E-state index contributed by atoms with van der Waals surface area (Å²) < 4.78 is 0. The molecule has 0 aliphatic carbocycles. The number of hydrogen-bond donors (Lipinski definition) is 4. The van der Waals surface area contributed by atoms with E-state index >= 15 is 0 Å². The highest BCUT2D eigenvalue weighted by Gasteiger charge is 2.11. The average Bonchev–Trinajstić information content (AvgIpc) is 2.35. The highest BCUT2D eigenvalue weighted by molar-refractivity contribution is 7.72. The van der Waals surface area contributed by atoms with Crippen molar-refractivity contribution in [3.8, 4) is 11.5 Å². The summed E-state index contributed by atoms with van der Waals surface area (Å²) >= 11 is 0. The molecule has 0 unspecified atom stereocenters.